The van der Waals surface area contributed by atoms with Gasteiger partial charge in [-0.1, -0.05) is 34.1 Å². The molecule has 112 valence electrons. The Morgan fingerprint density at radius 1 is 1.14 bits per heavy atom. The quantitative estimate of drug-likeness (QED) is 0.588. The first-order valence-corrected chi connectivity index (χ1v) is 8.19. The number of hydrogen-bond acceptors (Lipinski definition) is 1. The Labute approximate surface area is 138 Å². The van der Waals surface area contributed by atoms with Crippen molar-refractivity contribution in [1.29, 1.82) is 0 Å². The normalized spacial score (nSPS) is 12.1. The Bertz CT molecular complexity index is 559. The monoisotopic (exact) mass is 370 g/mol. The number of rotatable bonds is 7. The van der Waals surface area contributed by atoms with Gasteiger partial charge in [-0.25, -0.2) is 4.39 Å². The average Bonchev–Trinajstić information content (AvgIpc) is 2.48. The Morgan fingerprint density at radius 3 is 2.57 bits per heavy atom. The van der Waals surface area contributed by atoms with Crippen molar-refractivity contribution in [2.45, 2.75) is 12.8 Å². The summed E-state index contributed by atoms with van der Waals surface area (Å²) in [5.74, 6) is 1.53. The first-order valence-electron chi connectivity index (χ1n) is 6.86. The van der Waals surface area contributed by atoms with Gasteiger partial charge in [0.15, 0.2) is 0 Å². The summed E-state index contributed by atoms with van der Waals surface area (Å²) in [6.45, 7) is 0.620. The maximum Gasteiger partial charge on any atom is 0.123 e. The molecule has 0 aliphatic rings. The Morgan fingerprint density at radius 2 is 1.90 bits per heavy atom. The predicted molar refractivity (Wildman–Crippen MR) is 88.6 cm³/mol. The molecule has 0 aliphatic heterocycles. The molecule has 2 rings (SSSR count). The van der Waals surface area contributed by atoms with Crippen LogP contribution in [0.4, 0.5) is 4.39 Å². The lowest BCUT2D eigenvalue weighted by Gasteiger charge is -2.14. The highest BCUT2D eigenvalue weighted by Crippen LogP contribution is 2.19. The van der Waals surface area contributed by atoms with Crippen molar-refractivity contribution in [2.75, 3.05) is 12.5 Å². The molecular weight excluding hydrogens is 355 g/mol. The first-order chi connectivity index (χ1) is 10.2. The number of benzene rings is 2. The number of alkyl halides is 1. The van der Waals surface area contributed by atoms with Gasteiger partial charge in [0.05, 0.1) is 6.61 Å². The van der Waals surface area contributed by atoms with E-state index in [0.717, 1.165) is 28.6 Å². The van der Waals surface area contributed by atoms with E-state index in [1.54, 1.807) is 0 Å². The smallest absolute Gasteiger partial charge is 0.123 e. The fraction of sp³-hybridized carbons (Fsp3) is 0.294. The van der Waals surface area contributed by atoms with E-state index in [2.05, 4.69) is 15.9 Å². The van der Waals surface area contributed by atoms with E-state index < -0.39 is 0 Å². The molecule has 0 bridgehead atoms. The second kappa shape index (κ2) is 8.40. The molecule has 0 spiro atoms. The molecule has 21 heavy (non-hydrogen) atoms. The maximum atomic E-state index is 12.9. The number of ether oxygens (including phenoxy) is 1. The van der Waals surface area contributed by atoms with Gasteiger partial charge in [0.1, 0.15) is 11.6 Å². The van der Waals surface area contributed by atoms with E-state index >= 15 is 0 Å². The minimum atomic E-state index is -0.209. The molecule has 0 radical (unpaired) electrons. The van der Waals surface area contributed by atoms with Crippen LogP contribution in [-0.4, -0.2) is 12.5 Å². The van der Waals surface area contributed by atoms with Crippen molar-refractivity contribution in [2.24, 2.45) is 5.92 Å². The molecule has 0 N–H and O–H groups in total. The molecule has 0 aromatic heterocycles. The summed E-state index contributed by atoms with van der Waals surface area (Å²) in [4.78, 5) is 0. The molecule has 0 saturated heterocycles. The van der Waals surface area contributed by atoms with Crippen molar-refractivity contribution in [3.63, 3.8) is 0 Å². The third-order valence-corrected chi connectivity index (χ3v) is 4.18. The Hall–Kier alpha value is -1.06. The molecule has 1 nitrogen and oxygen atoms in total. The molecule has 0 amide bonds. The zero-order valence-electron chi connectivity index (χ0n) is 11.6. The number of hydrogen-bond donors (Lipinski definition) is 0. The maximum absolute atomic E-state index is 12.9. The standard InChI is InChI=1S/C17H17BrClFO/c18-15-2-1-3-17(11-15)21-9-8-14(12-19)10-13-4-6-16(20)7-5-13/h1-7,11,14H,8-10,12H2. The molecule has 0 aliphatic carbocycles. The molecule has 0 heterocycles. The van der Waals surface area contributed by atoms with E-state index in [0.29, 0.717) is 18.4 Å². The topological polar surface area (TPSA) is 9.23 Å². The molecule has 2 aromatic carbocycles. The highest BCUT2D eigenvalue weighted by molar-refractivity contribution is 9.10. The summed E-state index contributed by atoms with van der Waals surface area (Å²) in [6.07, 6.45) is 1.71. The van der Waals surface area contributed by atoms with E-state index in [4.69, 9.17) is 16.3 Å². The second-order valence-electron chi connectivity index (χ2n) is 4.95. The lowest BCUT2D eigenvalue weighted by atomic mass is 9.98. The molecule has 1 unspecified atom stereocenters. The minimum Gasteiger partial charge on any atom is -0.494 e. The summed E-state index contributed by atoms with van der Waals surface area (Å²) in [7, 11) is 0. The van der Waals surface area contributed by atoms with E-state index in [-0.39, 0.29) is 5.82 Å². The van der Waals surface area contributed by atoms with Crippen molar-refractivity contribution in [3.8, 4) is 5.75 Å². The fourth-order valence-electron chi connectivity index (χ4n) is 2.09. The fourth-order valence-corrected chi connectivity index (χ4v) is 2.73. The second-order valence-corrected chi connectivity index (χ2v) is 6.17. The zero-order valence-corrected chi connectivity index (χ0v) is 13.9. The minimum absolute atomic E-state index is 0.209. The molecular formula is C17H17BrClFO. The third-order valence-electron chi connectivity index (χ3n) is 3.25. The van der Waals surface area contributed by atoms with Gasteiger partial charge in [-0.05, 0) is 54.7 Å². The van der Waals surface area contributed by atoms with E-state index in [1.807, 2.05) is 36.4 Å². The van der Waals surface area contributed by atoms with Crippen molar-refractivity contribution in [1.82, 2.24) is 0 Å². The highest BCUT2D eigenvalue weighted by atomic mass is 79.9. The lowest BCUT2D eigenvalue weighted by Crippen LogP contribution is -2.11. The molecule has 0 saturated carbocycles. The Balaban J connectivity index is 1.81. The summed E-state index contributed by atoms with van der Waals surface area (Å²) < 4.78 is 19.6. The SMILES string of the molecule is Fc1ccc(CC(CCl)CCOc2cccc(Br)c2)cc1. The van der Waals surface area contributed by atoms with Crippen molar-refractivity contribution < 1.29 is 9.13 Å². The summed E-state index contributed by atoms with van der Waals surface area (Å²) in [6, 6.07) is 14.4. The first kappa shape index (κ1) is 16.3. The van der Waals surface area contributed by atoms with Crippen LogP contribution < -0.4 is 4.74 Å². The van der Waals surface area contributed by atoms with Crippen LogP contribution in [0.15, 0.2) is 53.0 Å². The van der Waals surface area contributed by atoms with E-state index in [9.17, 15) is 4.39 Å². The van der Waals surface area contributed by atoms with Crippen molar-refractivity contribution in [3.05, 3.63) is 64.4 Å². The zero-order chi connectivity index (χ0) is 15.1. The Kier molecular flexibility index (Phi) is 6.52. The predicted octanol–water partition coefficient (Wildman–Crippen LogP) is 5.45. The van der Waals surface area contributed by atoms with Crippen LogP contribution in [0.25, 0.3) is 0 Å². The molecule has 2 aromatic rings. The van der Waals surface area contributed by atoms with Crippen LogP contribution in [0.5, 0.6) is 5.75 Å². The third kappa shape index (κ3) is 5.68. The molecule has 1 atom stereocenters. The van der Waals surface area contributed by atoms with Gasteiger partial charge >= 0.3 is 0 Å². The van der Waals surface area contributed by atoms with Crippen LogP contribution in [0.2, 0.25) is 0 Å². The van der Waals surface area contributed by atoms with Crippen LogP contribution >= 0.6 is 27.5 Å². The number of halogens is 3. The molecule has 0 fully saturated rings. The van der Waals surface area contributed by atoms with Gasteiger partial charge in [-0.15, -0.1) is 11.6 Å². The van der Waals surface area contributed by atoms with Crippen LogP contribution in [0, 0.1) is 11.7 Å². The van der Waals surface area contributed by atoms with E-state index in [1.165, 1.54) is 12.1 Å². The van der Waals surface area contributed by atoms with Gasteiger partial charge < -0.3 is 4.74 Å². The van der Waals surface area contributed by atoms with Gasteiger partial charge in [-0.2, -0.15) is 0 Å². The average molecular weight is 372 g/mol. The van der Waals surface area contributed by atoms with Crippen LogP contribution in [0.1, 0.15) is 12.0 Å². The summed E-state index contributed by atoms with van der Waals surface area (Å²) in [5.41, 5.74) is 1.10. The van der Waals surface area contributed by atoms with Gasteiger partial charge in [-0.3, -0.25) is 0 Å². The van der Waals surface area contributed by atoms with Crippen LogP contribution in [0.3, 0.4) is 0 Å². The highest BCUT2D eigenvalue weighted by Gasteiger charge is 2.09. The van der Waals surface area contributed by atoms with Gasteiger partial charge in [0.25, 0.3) is 0 Å². The van der Waals surface area contributed by atoms with Gasteiger partial charge in [0.2, 0.25) is 0 Å². The summed E-state index contributed by atoms with van der Waals surface area (Å²) in [5, 5.41) is 0. The summed E-state index contributed by atoms with van der Waals surface area (Å²) >= 11 is 9.43. The lowest BCUT2D eigenvalue weighted by molar-refractivity contribution is 0.284. The largest absolute Gasteiger partial charge is 0.494 e. The molecule has 4 heteroatoms. The van der Waals surface area contributed by atoms with Crippen molar-refractivity contribution >= 4 is 27.5 Å². The van der Waals surface area contributed by atoms with Crippen LogP contribution in [-0.2, 0) is 6.42 Å². The van der Waals surface area contributed by atoms with Gasteiger partial charge in [0, 0.05) is 10.4 Å².